The summed E-state index contributed by atoms with van der Waals surface area (Å²) in [5.74, 6) is 0.688. The molecule has 0 aliphatic carbocycles. The zero-order valence-electron chi connectivity index (χ0n) is 13.8. The first-order chi connectivity index (χ1) is 9.97. The van der Waals surface area contributed by atoms with Crippen molar-refractivity contribution in [2.24, 2.45) is 5.92 Å². The second kappa shape index (κ2) is 7.08. The molecule has 1 N–H and O–H groups in total. The predicted octanol–water partition coefficient (Wildman–Crippen LogP) is 3.15. The van der Waals surface area contributed by atoms with Gasteiger partial charge in [0.05, 0.1) is 0 Å². The van der Waals surface area contributed by atoms with Gasteiger partial charge in [-0.1, -0.05) is 17.7 Å². The van der Waals surface area contributed by atoms with Crippen molar-refractivity contribution in [2.45, 2.75) is 46.6 Å². The number of carbonyl (C=O) groups excluding carboxylic acids is 1. The van der Waals surface area contributed by atoms with Crippen LogP contribution in [-0.2, 0) is 0 Å². The quantitative estimate of drug-likeness (QED) is 0.923. The van der Waals surface area contributed by atoms with E-state index in [2.05, 4.69) is 37.1 Å². The van der Waals surface area contributed by atoms with Crippen molar-refractivity contribution in [1.82, 2.24) is 10.2 Å². The number of likely N-dealkylation sites (tertiary alicyclic amines) is 1. The van der Waals surface area contributed by atoms with E-state index >= 15 is 0 Å². The first-order valence-electron chi connectivity index (χ1n) is 8.07. The van der Waals surface area contributed by atoms with Crippen LogP contribution in [0, 0.1) is 19.8 Å². The Morgan fingerprint density at radius 1 is 1.29 bits per heavy atom. The normalized spacial score (nSPS) is 17.2. The van der Waals surface area contributed by atoms with Crippen LogP contribution < -0.4 is 5.32 Å². The molecule has 1 amide bonds. The fourth-order valence-corrected chi connectivity index (χ4v) is 3.07. The fourth-order valence-electron chi connectivity index (χ4n) is 3.07. The number of hydrogen-bond donors (Lipinski definition) is 1. The molecule has 1 heterocycles. The van der Waals surface area contributed by atoms with E-state index in [1.807, 2.05) is 19.1 Å². The van der Waals surface area contributed by atoms with Crippen molar-refractivity contribution >= 4 is 5.91 Å². The van der Waals surface area contributed by atoms with E-state index in [0.717, 1.165) is 30.8 Å². The summed E-state index contributed by atoms with van der Waals surface area (Å²) in [4.78, 5) is 14.8. The van der Waals surface area contributed by atoms with Crippen molar-refractivity contribution < 1.29 is 4.79 Å². The predicted molar refractivity (Wildman–Crippen MR) is 87.7 cm³/mol. The topological polar surface area (TPSA) is 32.3 Å². The van der Waals surface area contributed by atoms with Gasteiger partial charge in [0.1, 0.15) is 0 Å². The lowest BCUT2D eigenvalue weighted by atomic mass is 9.95. The Kier molecular flexibility index (Phi) is 5.40. The maximum absolute atomic E-state index is 12.3. The molecule has 0 spiro atoms. The van der Waals surface area contributed by atoms with Gasteiger partial charge in [0, 0.05) is 18.2 Å². The third-order valence-corrected chi connectivity index (χ3v) is 4.56. The lowest BCUT2D eigenvalue weighted by Gasteiger charge is -2.34. The second-order valence-corrected chi connectivity index (χ2v) is 6.60. The van der Waals surface area contributed by atoms with Gasteiger partial charge in [0.25, 0.3) is 5.91 Å². The number of carbonyl (C=O) groups is 1. The third-order valence-electron chi connectivity index (χ3n) is 4.56. The summed E-state index contributed by atoms with van der Waals surface area (Å²) in [6.07, 6.45) is 2.37. The van der Waals surface area contributed by atoms with E-state index in [1.54, 1.807) is 0 Å². The van der Waals surface area contributed by atoms with Crippen molar-refractivity contribution in [3.8, 4) is 0 Å². The first kappa shape index (κ1) is 16.0. The van der Waals surface area contributed by atoms with E-state index in [0.29, 0.717) is 12.0 Å². The Bertz CT molecular complexity index is 488. The SMILES string of the molecule is Cc1ccc(C(=O)NCC2CCN(C(C)C)CC2)c(C)c1. The van der Waals surface area contributed by atoms with Crippen LogP contribution in [0.25, 0.3) is 0 Å². The van der Waals surface area contributed by atoms with Gasteiger partial charge in [-0.05, 0) is 71.2 Å². The van der Waals surface area contributed by atoms with Crippen LogP contribution in [0.4, 0.5) is 0 Å². The molecule has 0 saturated carbocycles. The standard InChI is InChI=1S/C18H28N2O/c1-13(2)20-9-7-16(8-10-20)12-19-18(21)17-6-5-14(3)11-15(17)4/h5-6,11,13,16H,7-10,12H2,1-4H3,(H,19,21). The average Bonchev–Trinajstić information content (AvgIpc) is 2.45. The summed E-state index contributed by atoms with van der Waals surface area (Å²) in [6, 6.07) is 6.64. The first-order valence-corrected chi connectivity index (χ1v) is 8.07. The summed E-state index contributed by atoms with van der Waals surface area (Å²) < 4.78 is 0. The summed E-state index contributed by atoms with van der Waals surface area (Å²) in [5.41, 5.74) is 3.06. The Morgan fingerprint density at radius 3 is 2.52 bits per heavy atom. The minimum absolute atomic E-state index is 0.0683. The molecule has 1 aromatic rings. The molecule has 3 nitrogen and oxygen atoms in total. The molecule has 1 aromatic carbocycles. The fraction of sp³-hybridized carbons (Fsp3) is 0.611. The molecule has 0 aromatic heterocycles. The highest BCUT2D eigenvalue weighted by Gasteiger charge is 2.21. The Labute approximate surface area is 128 Å². The lowest BCUT2D eigenvalue weighted by Crippen LogP contribution is -2.41. The van der Waals surface area contributed by atoms with Gasteiger partial charge in [-0.3, -0.25) is 4.79 Å². The van der Waals surface area contributed by atoms with Gasteiger partial charge >= 0.3 is 0 Å². The number of piperidine rings is 1. The number of benzene rings is 1. The number of rotatable bonds is 4. The number of hydrogen-bond acceptors (Lipinski definition) is 2. The van der Waals surface area contributed by atoms with Crippen molar-refractivity contribution in [3.05, 3.63) is 34.9 Å². The van der Waals surface area contributed by atoms with Gasteiger partial charge < -0.3 is 10.2 Å². The van der Waals surface area contributed by atoms with Crippen LogP contribution in [0.2, 0.25) is 0 Å². The van der Waals surface area contributed by atoms with Crippen LogP contribution >= 0.6 is 0 Å². The Balaban J connectivity index is 1.82. The van der Waals surface area contributed by atoms with Gasteiger partial charge in [0.2, 0.25) is 0 Å². The molecule has 0 atom stereocenters. The van der Waals surface area contributed by atoms with Gasteiger partial charge in [-0.2, -0.15) is 0 Å². The molecule has 3 heteroatoms. The summed E-state index contributed by atoms with van der Waals surface area (Å²) in [6.45, 7) is 11.7. The van der Waals surface area contributed by atoms with E-state index in [-0.39, 0.29) is 5.91 Å². The molecule has 116 valence electrons. The maximum Gasteiger partial charge on any atom is 0.251 e. The highest BCUT2D eigenvalue weighted by molar-refractivity contribution is 5.95. The van der Waals surface area contributed by atoms with Gasteiger partial charge in [-0.15, -0.1) is 0 Å². The van der Waals surface area contributed by atoms with Crippen LogP contribution in [0.3, 0.4) is 0 Å². The number of aryl methyl sites for hydroxylation is 2. The van der Waals surface area contributed by atoms with Crippen LogP contribution in [0.5, 0.6) is 0 Å². The Hall–Kier alpha value is -1.35. The Morgan fingerprint density at radius 2 is 1.95 bits per heavy atom. The maximum atomic E-state index is 12.3. The highest BCUT2D eigenvalue weighted by atomic mass is 16.1. The largest absolute Gasteiger partial charge is 0.352 e. The van der Waals surface area contributed by atoms with E-state index in [4.69, 9.17) is 0 Å². The average molecular weight is 288 g/mol. The van der Waals surface area contributed by atoms with Crippen LogP contribution in [0.1, 0.15) is 48.2 Å². The minimum Gasteiger partial charge on any atom is -0.352 e. The van der Waals surface area contributed by atoms with E-state index in [9.17, 15) is 4.79 Å². The summed E-state index contributed by atoms with van der Waals surface area (Å²) in [7, 11) is 0. The smallest absolute Gasteiger partial charge is 0.251 e. The molecule has 0 unspecified atom stereocenters. The number of nitrogens with one attached hydrogen (secondary N) is 1. The van der Waals surface area contributed by atoms with Gasteiger partial charge in [0.15, 0.2) is 0 Å². The molecule has 0 bridgehead atoms. The summed E-state index contributed by atoms with van der Waals surface area (Å²) >= 11 is 0. The molecule has 21 heavy (non-hydrogen) atoms. The third kappa shape index (κ3) is 4.31. The monoisotopic (exact) mass is 288 g/mol. The molecular weight excluding hydrogens is 260 g/mol. The van der Waals surface area contributed by atoms with Crippen molar-refractivity contribution in [2.75, 3.05) is 19.6 Å². The second-order valence-electron chi connectivity index (χ2n) is 6.60. The van der Waals surface area contributed by atoms with Gasteiger partial charge in [-0.25, -0.2) is 0 Å². The van der Waals surface area contributed by atoms with Crippen LogP contribution in [0.15, 0.2) is 18.2 Å². The molecule has 0 radical (unpaired) electrons. The summed E-state index contributed by atoms with van der Waals surface area (Å²) in [5, 5.41) is 3.12. The number of amides is 1. The number of nitrogens with zero attached hydrogens (tertiary/aromatic N) is 1. The lowest BCUT2D eigenvalue weighted by molar-refractivity contribution is 0.0929. The molecule has 1 fully saturated rings. The molecule has 1 aliphatic heterocycles. The van der Waals surface area contributed by atoms with Crippen LogP contribution in [-0.4, -0.2) is 36.5 Å². The molecule has 2 rings (SSSR count). The molecule has 1 saturated heterocycles. The van der Waals surface area contributed by atoms with Crippen molar-refractivity contribution in [3.63, 3.8) is 0 Å². The van der Waals surface area contributed by atoms with E-state index < -0.39 is 0 Å². The van der Waals surface area contributed by atoms with Crippen molar-refractivity contribution in [1.29, 1.82) is 0 Å². The van der Waals surface area contributed by atoms with E-state index in [1.165, 1.54) is 18.4 Å². The minimum atomic E-state index is 0.0683. The highest BCUT2D eigenvalue weighted by Crippen LogP contribution is 2.18. The molecular formula is C18H28N2O. The zero-order chi connectivity index (χ0) is 15.4. The molecule has 1 aliphatic rings. The zero-order valence-corrected chi connectivity index (χ0v) is 13.8.